The first-order chi connectivity index (χ1) is 10.1. The van der Waals surface area contributed by atoms with Crippen LogP contribution >= 0.6 is 0 Å². The maximum absolute atomic E-state index is 11.8. The summed E-state index contributed by atoms with van der Waals surface area (Å²) >= 11 is 0. The van der Waals surface area contributed by atoms with Crippen LogP contribution in [0.5, 0.6) is 0 Å². The van der Waals surface area contributed by atoms with Crippen LogP contribution in [-0.2, 0) is 0 Å². The highest BCUT2D eigenvalue weighted by Gasteiger charge is 2.24. The fourth-order valence-electron chi connectivity index (χ4n) is 2.85. The second-order valence-corrected chi connectivity index (χ2v) is 5.62. The molecule has 1 aromatic carbocycles. The predicted molar refractivity (Wildman–Crippen MR) is 87.8 cm³/mol. The predicted octanol–water partition coefficient (Wildman–Crippen LogP) is 1.55. The molecule has 0 radical (unpaired) electrons. The van der Waals surface area contributed by atoms with Crippen molar-refractivity contribution in [1.29, 1.82) is 0 Å². The Morgan fingerprint density at radius 3 is 2.76 bits per heavy atom. The minimum Gasteiger partial charge on any atom is -0.397 e. The van der Waals surface area contributed by atoms with Crippen LogP contribution in [0.2, 0.25) is 0 Å². The summed E-state index contributed by atoms with van der Waals surface area (Å²) < 4.78 is 0. The van der Waals surface area contributed by atoms with Gasteiger partial charge in [0, 0.05) is 37.8 Å². The molecule has 1 heterocycles. The molecule has 1 amide bonds. The van der Waals surface area contributed by atoms with E-state index in [0.29, 0.717) is 23.8 Å². The molecule has 1 aliphatic heterocycles. The molecule has 5 nitrogen and oxygen atoms in total. The van der Waals surface area contributed by atoms with Gasteiger partial charge in [-0.2, -0.15) is 0 Å². The average Bonchev–Trinajstić information content (AvgIpc) is 2.48. The molecule has 1 aromatic rings. The first-order valence-corrected chi connectivity index (χ1v) is 7.69. The van der Waals surface area contributed by atoms with Gasteiger partial charge in [0.2, 0.25) is 0 Å². The summed E-state index contributed by atoms with van der Waals surface area (Å²) in [6.07, 6.45) is 1.13. The lowest BCUT2D eigenvalue weighted by Crippen LogP contribution is -2.51. The van der Waals surface area contributed by atoms with Crippen molar-refractivity contribution in [3.63, 3.8) is 0 Å². The van der Waals surface area contributed by atoms with Gasteiger partial charge < -0.3 is 16.0 Å². The lowest BCUT2D eigenvalue weighted by atomic mass is 10.1. The Labute approximate surface area is 127 Å². The molecule has 116 valence electrons. The molecule has 0 aliphatic carbocycles. The first-order valence-electron chi connectivity index (χ1n) is 7.69. The van der Waals surface area contributed by atoms with Gasteiger partial charge in [-0.05, 0) is 38.6 Å². The second-order valence-electron chi connectivity index (χ2n) is 5.62. The Morgan fingerprint density at radius 2 is 2.14 bits per heavy atom. The van der Waals surface area contributed by atoms with Gasteiger partial charge >= 0.3 is 0 Å². The number of carbonyl (C=O) groups is 1. The fraction of sp³-hybridized carbons (Fsp3) is 0.562. The van der Waals surface area contributed by atoms with Crippen LogP contribution in [0.25, 0.3) is 0 Å². The topological polar surface area (TPSA) is 61.6 Å². The van der Waals surface area contributed by atoms with Crippen LogP contribution in [0.1, 0.15) is 30.6 Å². The zero-order valence-electron chi connectivity index (χ0n) is 13.2. The summed E-state index contributed by atoms with van der Waals surface area (Å²) in [7, 11) is 2.17. The molecule has 1 fully saturated rings. The molecular weight excluding hydrogens is 264 g/mol. The number of likely N-dealkylation sites (N-methyl/N-ethyl adjacent to an activating group) is 1. The third kappa shape index (κ3) is 3.47. The van der Waals surface area contributed by atoms with Crippen molar-refractivity contribution < 1.29 is 4.79 Å². The summed E-state index contributed by atoms with van der Waals surface area (Å²) in [5.41, 5.74) is 8.51. The van der Waals surface area contributed by atoms with Crippen LogP contribution in [0.15, 0.2) is 18.2 Å². The molecule has 2 rings (SSSR count). The quantitative estimate of drug-likeness (QED) is 0.826. The van der Waals surface area contributed by atoms with Crippen LogP contribution in [0.4, 0.5) is 11.4 Å². The van der Waals surface area contributed by atoms with Crippen LogP contribution in [0, 0.1) is 0 Å². The molecule has 1 unspecified atom stereocenters. The molecule has 0 saturated carbocycles. The van der Waals surface area contributed by atoms with E-state index in [1.165, 1.54) is 0 Å². The molecule has 1 saturated heterocycles. The van der Waals surface area contributed by atoms with Crippen molar-refractivity contribution in [3.05, 3.63) is 23.8 Å². The van der Waals surface area contributed by atoms with Gasteiger partial charge in [0.15, 0.2) is 0 Å². The summed E-state index contributed by atoms with van der Waals surface area (Å²) in [6.45, 7) is 7.74. The van der Waals surface area contributed by atoms with Gasteiger partial charge in [-0.1, -0.05) is 6.92 Å². The number of piperazine rings is 1. The summed E-state index contributed by atoms with van der Waals surface area (Å²) in [5.74, 6) is -0.0689. The van der Waals surface area contributed by atoms with E-state index in [1.807, 2.05) is 19.1 Å². The number of nitrogens with two attached hydrogens (primary N) is 1. The van der Waals surface area contributed by atoms with Crippen LogP contribution < -0.4 is 16.0 Å². The van der Waals surface area contributed by atoms with Crippen molar-refractivity contribution in [2.24, 2.45) is 0 Å². The molecule has 21 heavy (non-hydrogen) atoms. The number of hydrogen-bond donors (Lipinski definition) is 2. The average molecular weight is 290 g/mol. The number of anilines is 2. The minimum absolute atomic E-state index is 0.0689. The SMILES string of the molecule is CCNC(=O)c1ccc(N2CCN(C)C(CC)C2)c(N)c1. The van der Waals surface area contributed by atoms with E-state index in [4.69, 9.17) is 5.73 Å². The number of amides is 1. The Balaban J connectivity index is 2.15. The number of benzene rings is 1. The smallest absolute Gasteiger partial charge is 0.251 e. The van der Waals surface area contributed by atoms with Gasteiger partial charge in [-0.15, -0.1) is 0 Å². The number of carbonyl (C=O) groups excluding carboxylic acids is 1. The molecule has 3 N–H and O–H groups in total. The first kappa shape index (κ1) is 15.6. The summed E-state index contributed by atoms with van der Waals surface area (Å²) in [6, 6.07) is 6.16. The molecule has 0 spiro atoms. The summed E-state index contributed by atoms with van der Waals surface area (Å²) in [5, 5.41) is 2.80. The highest BCUT2D eigenvalue weighted by atomic mass is 16.1. The van der Waals surface area contributed by atoms with Crippen LogP contribution in [0.3, 0.4) is 0 Å². The van der Waals surface area contributed by atoms with Gasteiger partial charge in [0.1, 0.15) is 0 Å². The Bertz CT molecular complexity index is 503. The third-order valence-corrected chi connectivity index (χ3v) is 4.22. The lowest BCUT2D eigenvalue weighted by Gasteiger charge is -2.40. The second kappa shape index (κ2) is 6.80. The van der Waals surface area contributed by atoms with Crippen molar-refractivity contribution in [3.8, 4) is 0 Å². The van der Waals surface area contributed by atoms with E-state index in [2.05, 4.69) is 29.1 Å². The van der Waals surface area contributed by atoms with Gasteiger partial charge in [0.05, 0.1) is 11.4 Å². The van der Waals surface area contributed by atoms with Gasteiger partial charge in [-0.25, -0.2) is 0 Å². The van der Waals surface area contributed by atoms with E-state index < -0.39 is 0 Å². The highest BCUT2D eigenvalue weighted by molar-refractivity contribution is 5.96. The van der Waals surface area contributed by atoms with E-state index in [-0.39, 0.29) is 5.91 Å². The van der Waals surface area contributed by atoms with Gasteiger partial charge in [0.25, 0.3) is 5.91 Å². The normalized spacial score (nSPS) is 19.6. The number of nitrogens with zero attached hydrogens (tertiary/aromatic N) is 2. The van der Waals surface area contributed by atoms with Crippen LogP contribution in [-0.4, -0.2) is 50.1 Å². The summed E-state index contributed by atoms with van der Waals surface area (Å²) in [4.78, 5) is 16.6. The fourth-order valence-corrected chi connectivity index (χ4v) is 2.85. The lowest BCUT2D eigenvalue weighted by molar-refractivity contribution is 0.0956. The van der Waals surface area contributed by atoms with E-state index in [0.717, 1.165) is 31.7 Å². The largest absolute Gasteiger partial charge is 0.397 e. The van der Waals surface area contributed by atoms with Crippen molar-refractivity contribution in [1.82, 2.24) is 10.2 Å². The maximum atomic E-state index is 11.8. The highest BCUT2D eigenvalue weighted by Crippen LogP contribution is 2.27. The molecule has 0 bridgehead atoms. The van der Waals surface area contributed by atoms with E-state index in [1.54, 1.807) is 6.07 Å². The number of hydrogen-bond acceptors (Lipinski definition) is 4. The van der Waals surface area contributed by atoms with Crippen molar-refractivity contribution in [2.45, 2.75) is 26.3 Å². The maximum Gasteiger partial charge on any atom is 0.251 e. The Hall–Kier alpha value is -1.75. The molecule has 0 aromatic heterocycles. The standard InChI is InChI=1S/C16H26N4O/c1-4-13-11-20(9-8-19(13)3)15-7-6-12(10-14(15)17)16(21)18-5-2/h6-7,10,13H,4-5,8-9,11,17H2,1-3H3,(H,18,21). The zero-order valence-corrected chi connectivity index (χ0v) is 13.2. The van der Waals surface area contributed by atoms with Gasteiger partial charge in [-0.3, -0.25) is 9.69 Å². The molecule has 1 aliphatic rings. The number of rotatable bonds is 4. The van der Waals surface area contributed by atoms with Crippen molar-refractivity contribution in [2.75, 3.05) is 43.9 Å². The van der Waals surface area contributed by atoms with E-state index >= 15 is 0 Å². The number of nitrogen functional groups attached to an aromatic ring is 1. The van der Waals surface area contributed by atoms with Crippen molar-refractivity contribution >= 4 is 17.3 Å². The van der Waals surface area contributed by atoms with E-state index in [9.17, 15) is 4.79 Å². The molecule has 1 atom stereocenters. The molecule has 5 heteroatoms. The Morgan fingerprint density at radius 1 is 1.38 bits per heavy atom. The third-order valence-electron chi connectivity index (χ3n) is 4.22. The molecular formula is C16H26N4O. The zero-order chi connectivity index (χ0) is 15.4. The number of nitrogens with one attached hydrogen (secondary N) is 1. The monoisotopic (exact) mass is 290 g/mol. The minimum atomic E-state index is -0.0689. The Kier molecular flexibility index (Phi) is 5.07.